The molecule has 2 N–H and O–H groups in total. The molecule has 0 aromatic carbocycles. The molecule has 0 aliphatic rings. The summed E-state index contributed by atoms with van der Waals surface area (Å²) in [5.41, 5.74) is 0. The lowest BCUT2D eigenvalue weighted by Crippen LogP contribution is -1.86. The average molecular weight is 105 g/mol. The Morgan fingerprint density at radius 1 is 1.17 bits per heavy atom. The van der Waals surface area contributed by atoms with Gasteiger partial charge in [0.2, 0.25) is 0 Å². The van der Waals surface area contributed by atoms with Gasteiger partial charge in [0.05, 0.1) is 0 Å². The zero-order chi connectivity index (χ0) is 4.12. The fourth-order valence-electron chi connectivity index (χ4n) is 0.0577. The van der Waals surface area contributed by atoms with Crippen LogP contribution in [0.2, 0.25) is 0 Å². The summed E-state index contributed by atoms with van der Waals surface area (Å²) in [7, 11) is 0. The minimum atomic E-state index is -0.0312. The zero-order valence-electron chi connectivity index (χ0n) is 2.89. The fourth-order valence-corrected chi connectivity index (χ4v) is 0.0577. The standard InChI is InChI=1S/C3H7O2.Al.3H/c4-2-1-3-5;;;;/h1,4-5H,2-3H2;;;;. The average Bonchev–Trinajstić information content (AvgIpc) is 1.41. The van der Waals surface area contributed by atoms with Gasteiger partial charge in [-0.25, -0.2) is 0 Å². The van der Waals surface area contributed by atoms with E-state index in [2.05, 4.69) is 0 Å². The molecule has 0 amide bonds. The van der Waals surface area contributed by atoms with E-state index >= 15 is 0 Å². The predicted octanol–water partition coefficient (Wildman–Crippen LogP) is -2.01. The molecule has 0 aliphatic carbocycles. The fraction of sp³-hybridized carbons (Fsp3) is 0.667. The zero-order valence-corrected chi connectivity index (χ0v) is 2.89. The van der Waals surface area contributed by atoms with Crippen molar-refractivity contribution < 1.29 is 10.2 Å². The van der Waals surface area contributed by atoms with Crippen molar-refractivity contribution in [2.24, 2.45) is 0 Å². The highest BCUT2D eigenvalue weighted by Gasteiger charge is 1.71. The topological polar surface area (TPSA) is 40.5 Å². The van der Waals surface area contributed by atoms with Gasteiger partial charge in [0, 0.05) is 19.6 Å². The summed E-state index contributed by atoms with van der Waals surface area (Å²) in [6, 6.07) is 0. The molecule has 6 heavy (non-hydrogen) atoms. The van der Waals surface area contributed by atoms with Crippen LogP contribution in [0.5, 0.6) is 0 Å². The van der Waals surface area contributed by atoms with Crippen molar-refractivity contribution in [1.29, 1.82) is 0 Å². The Hall–Kier alpha value is 0.452. The van der Waals surface area contributed by atoms with Crippen molar-refractivity contribution in [2.45, 2.75) is 0 Å². The molecule has 0 saturated carbocycles. The van der Waals surface area contributed by atoms with E-state index in [0.29, 0.717) is 0 Å². The third kappa shape index (κ3) is 8.82. The molecule has 0 heterocycles. The smallest absolute Gasteiger partial charge is 0.187 e. The molecule has 0 saturated heterocycles. The van der Waals surface area contributed by atoms with Crippen LogP contribution in [0.15, 0.2) is 0 Å². The number of aliphatic hydroxyl groups is 2. The quantitative estimate of drug-likeness (QED) is 0.398. The van der Waals surface area contributed by atoms with Crippen LogP contribution < -0.4 is 0 Å². The minimum absolute atomic E-state index is 0. The molecule has 2 nitrogen and oxygen atoms in total. The molecule has 0 fully saturated rings. The Balaban J connectivity index is 0. The Morgan fingerprint density at radius 2 is 1.50 bits per heavy atom. The van der Waals surface area contributed by atoms with Crippen molar-refractivity contribution in [2.75, 3.05) is 13.2 Å². The van der Waals surface area contributed by atoms with E-state index < -0.39 is 0 Å². The monoisotopic (exact) mass is 105 g/mol. The van der Waals surface area contributed by atoms with Crippen LogP contribution >= 0.6 is 0 Å². The van der Waals surface area contributed by atoms with Crippen LogP contribution in [-0.2, 0) is 0 Å². The second-order valence-electron chi connectivity index (χ2n) is 0.654. The van der Waals surface area contributed by atoms with Gasteiger partial charge in [0.1, 0.15) is 0 Å². The molecule has 0 unspecified atom stereocenters. The highest BCUT2D eigenvalue weighted by atomic mass is 27.0. The van der Waals surface area contributed by atoms with E-state index in [-0.39, 0.29) is 30.6 Å². The van der Waals surface area contributed by atoms with Crippen molar-refractivity contribution in [3.8, 4) is 0 Å². The Labute approximate surface area is 47.9 Å². The second kappa shape index (κ2) is 9.07. The summed E-state index contributed by atoms with van der Waals surface area (Å²) in [6.45, 7) is -0.0625. The summed E-state index contributed by atoms with van der Waals surface area (Å²) >= 11 is 0. The van der Waals surface area contributed by atoms with Gasteiger partial charge < -0.3 is 10.2 Å². The lowest BCUT2D eigenvalue weighted by molar-refractivity contribution is 0.272. The van der Waals surface area contributed by atoms with Gasteiger partial charge in [-0.15, -0.1) is 0 Å². The molecule has 0 aromatic heterocycles. The largest absolute Gasteiger partial charge is 0.396 e. The van der Waals surface area contributed by atoms with Crippen molar-refractivity contribution in [1.82, 2.24) is 0 Å². The van der Waals surface area contributed by atoms with Crippen LogP contribution in [0.4, 0.5) is 0 Å². The maximum absolute atomic E-state index is 7.85. The van der Waals surface area contributed by atoms with E-state index in [1.165, 1.54) is 6.42 Å². The first-order valence-corrected chi connectivity index (χ1v) is 1.45. The van der Waals surface area contributed by atoms with E-state index in [1.54, 1.807) is 0 Å². The SMILES string of the molecule is OC[CH]CO.[AlH3]. The maximum atomic E-state index is 7.85. The summed E-state index contributed by atoms with van der Waals surface area (Å²) in [4.78, 5) is 0. The number of rotatable bonds is 2. The summed E-state index contributed by atoms with van der Waals surface area (Å²) in [6.07, 6.45) is 1.36. The number of hydrogen-bond acceptors (Lipinski definition) is 2. The summed E-state index contributed by atoms with van der Waals surface area (Å²) < 4.78 is 0. The van der Waals surface area contributed by atoms with E-state index in [0.717, 1.165) is 0 Å². The van der Waals surface area contributed by atoms with Crippen LogP contribution in [0, 0.1) is 6.42 Å². The van der Waals surface area contributed by atoms with Crippen LogP contribution in [0.1, 0.15) is 0 Å². The van der Waals surface area contributed by atoms with Crippen molar-refractivity contribution in [3.05, 3.63) is 6.42 Å². The highest BCUT2D eigenvalue weighted by Crippen LogP contribution is 1.62. The molecular formula is C3H10AlO2. The van der Waals surface area contributed by atoms with Gasteiger partial charge in [-0.05, 0) is 0 Å². The van der Waals surface area contributed by atoms with Crippen molar-refractivity contribution >= 4 is 17.4 Å². The molecule has 37 valence electrons. The van der Waals surface area contributed by atoms with E-state index in [4.69, 9.17) is 10.2 Å². The first-order valence-electron chi connectivity index (χ1n) is 1.45. The van der Waals surface area contributed by atoms with Gasteiger partial charge in [0.15, 0.2) is 17.4 Å². The van der Waals surface area contributed by atoms with Gasteiger partial charge in [0.25, 0.3) is 0 Å². The Bertz CT molecular complexity index is 16.3. The van der Waals surface area contributed by atoms with Crippen LogP contribution in [0.25, 0.3) is 0 Å². The summed E-state index contributed by atoms with van der Waals surface area (Å²) in [5, 5.41) is 15.7. The predicted molar refractivity (Wildman–Crippen MR) is 28.4 cm³/mol. The lowest BCUT2D eigenvalue weighted by Gasteiger charge is -1.78. The molecule has 0 atom stereocenters. The molecule has 0 aromatic rings. The van der Waals surface area contributed by atoms with E-state index in [9.17, 15) is 0 Å². The molecule has 0 rings (SSSR count). The van der Waals surface area contributed by atoms with Crippen LogP contribution in [0.3, 0.4) is 0 Å². The summed E-state index contributed by atoms with van der Waals surface area (Å²) in [5.74, 6) is 0. The first kappa shape index (κ1) is 9.68. The third-order valence-electron chi connectivity index (χ3n) is 0.258. The molecule has 1 radical (unpaired) electrons. The van der Waals surface area contributed by atoms with Gasteiger partial charge in [-0.3, -0.25) is 0 Å². The molecular weight excluding hydrogens is 95.0 g/mol. The van der Waals surface area contributed by atoms with Gasteiger partial charge in [-0.2, -0.15) is 0 Å². The number of aliphatic hydroxyl groups excluding tert-OH is 2. The first-order chi connectivity index (χ1) is 2.41. The lowest BCUT2D eigenvalue weighted by atomic mass is 10.5. The van der Waals surface area contributed by atoms with Gasteiger partial charge >= 0.3 is 0 Å². The molecule has 0 spiro atoms. The van der Waals surface area contributed by atoms with Crippen molar-refractivity contribution in [3.63, 3.8) is 0 Å². The van der Waals surface area contributed by atoms with E-state index in [1.807, 2.05) is 0 Å². The maximum Gasteiger partial charge on any atom is 0.187 e. The third-order valence-corrected chi connectivity index (χ3v) is 0.258. The molecule has 0 aliphatic heterocycles. The second-order valence-corrected chi connectivity index (χ2v) is 0.654. The normalized spacial score (nSPS) is 7.00. The Morgan fingerprint density at radius 3 is 1.50 bits per heavy atom. The minimum Gasteiger partial charge on any atom is -0.396 e. The van der Waals surface area contributed by atoms with Gasteiger partial charge in [-0.1, -0.05) is 0 Å². The Kier molecular flexibility index (Phi) is 14.6. The molecule has 3 heteroatoms. The van der Waals surface area contributed by atoms with Crippen LogP contribution in [-0.4, -0.2) is 40.8 Å². The highest BCUT2D eigenvalue weighted by molar-refractivity contribution is 5.75. The molecule has 0 bridgehead atoms. The number of hydrogen-bond donors (Lipinski definition) is 2.